The van der Waals surface area contributed by atoms with Crippen LogP contribution in [0.3, 0.4) is 0 Å². The number of aromatic nitrogens is 2. The van der Waals surface area contributed by atoms with E-state index in [1.807, 2.05) is 18.5 Å². The van der Waals surface area contributed by atoms with Crippen LogP contribution in [-0.4, -0.2) is 42.5 Å². The summed E-state index contributed by atoms with van der Waals surface area (Å²) in [5, 5.41) is 10.3. The van der Waals surface area contributed by atoms with Gasteiger partial charge in [-0.05, 0) is 29.8 Å². The molecule has 0 aliphatic heterocycles. The van der Waals surface area contributed by atoms with Crippen LogP contribution < -0.4 is 10.6 Å². The smallest absolute Gasteiger partial charge is 0.234 e. The first-order valence-corrected chi connectivity index (χ1v) is 7.07. The van der Waals surface area contributed by atoms with E-state index in [1.54, 1.807) is 7.11 Å². The van der Waals surface area contributed by atoms with Crippen LogP contribution >= 0.6 is 15.9 Å². The predicted molar refractivity (Wildman–Crippen MR) is 76.9 cm³/mol. The van der Waals surface area contributed by atoms with E-state index in [-0.39, 0.29) is 12.5 Å². The second-order valence-electron chi connectivity index (χ2n) is 4.11. The third-order valence-corrected chi connectivity index (χ3v) is 3.69. The Morgan fingerprint density at radius 2 is 2.26 bits per heavy atom. The molecule has 7 heteroatoms. The van der Waals surface area contributed by atoms with Crippen molar-refractivity contribution in [3.05, 3.63) is 15.9 Å². The topological polar surface area (TPSA) is 68.2 Å². The summed E-state index contributed by atoms with van der Waals surface area (Å²) in [5.41, 5.74) is 2.02. The van der Waals surface area contributed by atoms with Crippen molar-refractivity contribution in [1.82, 2.24) is 20.4 Å². The molecule has 0 aromatic carbocycles. The number of amides is 1. The lowest BCUT2D eigenvalue weighted by Crippen LogP contribution is -2.35. The Labute approximate surface area is 122 Å². The van der Waals surface area contributed by atoms with Gasteiger partial charge in [0.05, 0.1) is 29.0 Å². The molecule has 0 bridgehead atoms. The summed E-state index contributed by atoms with van der Waals surface area (Å²) >= 11 is 3.52. The van der Waals surface area contributed by atoms with Crippen LogP contribution in [0.15, 0.2) is 4.47 Å². The molecule has 0 fully saturated rings. The maximum Gasteiger partial charge on any atom is 0.234 e. The first-order valence-electron chi connectivity index (χ1n) is 6.28. The van der Waals surface area contributed by atoms with E-state index in [4.69, 9.17) is 4.74 Å². The summed E-state index contributed by atoms with van der Waals surface area (Å²) in [4.78, 5) is 11.5. The van der Waals surface area contributed by atoms with Crippen molar-refractivity contribution in [3.8, 4) is 0 Å². The molecule has 6 nitrogen and oxygen atoms in total. The van der Waals surface area contributed by atoms with Gasteiger partial charge in [0, 0.05) is 26.7 Å². The lowest BCUT2D eigenvalue weighted by Gasteiger charge is -2.08. The molecule has 0 aliphatic carbocycles. The summed E-state index contributed by atoms with van der Waals surface area (Å²) in [5.74, 6) is -0.0348. The summed E-state index contributed by atoms with van der Waals surface area (Å²) < 4.78 is 7.79. The third-order valence-electron chi connectivity index (χ3n) is 2.66. The Hall–Kier alpha value is -0.920. The van der Waals surface area contributed by atoms with Crippen molar-refractivity contribution in [3.63, 3.8) is 0 Å². The standard InChI is InChI=1S/C12H21BrN4O2/c1-4-17-10(12(13)9(2)16-17)7-14-8-11(18)15-5-6-19-3/h14H,4-8H2,1-3H3,(H,15,18). The van der Waals surface area contributed by atoms with E-state index in [9.17, 15) is 4.79 Å². The number of methoxy groups -OCH3 is 1. The second kappa shape index (κ2) is 8.29. The van der Waals surface area contributed by atoms with Crippen molar-refractivity contribution in [2.75, 3.05) is 26.8 Å². The number of carbonyl (C=O) groups is 1. The van der Waals surface area contributed by atoms with Gasteiger partial charge in [-0.3, -0.25) is 9.48 Å². The van der Waals surface area contributed by atoms with Crippen LogP contribution in [0.5, 0.6) is 0 Å². The zero-order chi connectivity index (χ0) is 14.3. The maximum atomic E-state index is 11.5. The van der Waals surface area contributed by atoms with Crippen molar-refractivity contribution < 1.29 is 9.53 Å². The molecule has 0 spiro atoms. The Balaban J connectivity index is 2.38. The third kappa shape index (κ3) is 4.93. The number of carbonyl (C=O) groups excluding carboxylic acids is 1. The first kappa shape index (κ1) is 16.1. The molecule has 0 saturated carbocycles. The van der Waals surface area contributed by atoms with Crippen molar-refractivity contribution in [1.29, 1.82) is 0 Å². The quantitative estimate of drug-likeness (QED) is 0.692. The lowest BCUT2D eigenvalue weighted by atomic mass is 10.3. The van der Waals surface area contributed by atoms with Crippen LogP contribution in [0.4, 0.5) is 0 Å². The fourth-order valence-electron chi connectivity index (χ4n) is 1.69. The van der Waals surface area contributed by atoms with E-state index >= 15 is 0 Å². The van der Waals surface area contributed by atoms with Gasteiger partial charge < -0.3 is 15.4 Å². The zero-order valence-corrected chi connectivity index (χ0v) is 13.2. The highest BCUT2D eigenvalue weighted by Crippen LogP contribution is 2.20. The summed E-state index contributed by atoms with van der Waals surface area (Å²) in [6.07, 6.45) is 0. The van der Waals surface area contributed by atoms with E-state index < -0.39 is 0 Å². The van der Waals surface area contributed by atoms with Gasteiger partial charge in [-0.1, -0.05) is 0 Å². The minimum absolute atomic E-state index is 0.0348. The fourth-order valence-corrected chi connectivity index (χ4v) is 2.11. The average Bonchev–Trinajstić information content (AvgIpc) is 2.66. The zero-order valence-electron chi connectivity index (χ0n) is 11.6. The van der Waals surface area contributed by atoms with Gasteiger partial charge in [0.25, 0.3) is 0 Å². The van der Waals surface area contributed by atoms with Crippen LogP contribution in [0.25, 0.3) is 0 Å². The van der Waals surface area contributed by atoms with Gasteiger partial charge in [-0.15, -0.1) is 0 Å². The maximum absolute atomic E-state index is 11.5. The molecule has 108 valence electrons. The molecule has 0 aliphatic rings. The number of ether oxygens (including phenoxy) is 1. The Morgan fingerprint density at radius 1 is 1.53 bits per heavy atom. The monoisotopic (exact) mass is 332 g/mol. The molecule has 0 saturated heterocycles. The SMILES string of the molecule is CCn1nc(C)c(Br)c1CNCC(=O)NCCOC. The Bertz CT molecular complexity index is 420. The second-order valence-corrected chi connectivity index (χ2v) is 4.90. The number of rotatable bonds is 8. The van der Waals surface area contributed by atoms with Crippen LogP contribution in [0.2, 0.25) is 0 Å². The number of hydrogen-bond acceptors (Lipinski definition) is 4. The molecule has 0 atom stereocenters. The Kier molecular flexibility index (Phi) is 7.04. The van der Waals surface area contributed by atoms with Gasteiger partial charge in [-0.2, -0.15) is 5.10 Å². The van der Waals surface area contributed by atoms with Crippen LogP contribution in [0.1, 0.15) is 18.3 Å². The van der Waals surface area contributed by atoms with Crippen LogP contribution in [-0.2, 0) is 22.6 Å². The number of aryl methyl sites for hydroxylation is 2. The molecule has 1 aromatic heterocycles. The summed E-state index contributed by atoms with van der Waals surface area (Å²) in [6, 6.07) is 0. The number of halogens is 1. The highest BCUT2D eigenvalue weighted by molar-refractivity contribution is 9.10. The Morgan fingerprint density at radius 3 is 2.89 bits per heavy atom. The van der Waals surface area contributed by atoms with Gasteiger partial charge in [-0.25, -0.2) is 0 Å². The van der Waals surface area contributed by atoms with Crippen molar-refractivity contribution >= 4 is 21.8 Å². The molecule has 0 unspecified atom stereocenters. The minimum Gasteiger partial charge on any atom is -0.383 e. The number of hydrogen-bond donors (Lipinski definition) is 2. The number of nitrogens with zero attached hydrogens (tertiary/aromatic N) is 2. The highest BCUT2D eigenvalue weighted by Gasteiger charge is 2.11. The van der Waals surface area contributed by atoms with E-state index in [2.05, 4.69) is 31.7 Å². The molecule has 1 amide bonds. The largest absolute Gasteiger partial charge is 0.383 e. The molecule has 0 radical (unpaired) electrons. The summed E-state index contributed by atoms with van der Waals surface area (Å²) in [6.45, 7) is 6.75. The first-order chi connectivity index (χ1) is 9.10. The van der Waals surface area contributed by atoms with Gasteiger partial charge in [0.1, 0.15) is 0 Å². The molecule has 1 aromatic rings. The van der Waals surface area contributed by atoms with Crippen LogP contribution in [0, 0.1) is 6.92 Å². The van der Waals surface area contributed by atoms with Gasteiger partial charge in [0.15, 0.2) is 0 Å². The van der Waals surface area contributed by atoms with Gasteiger partial charge >= 0.3 is 0 Å². The predicted octanol–water partition coefficient (Wildman–Crippen LogP) is 0.826. The molecule has 2 N–H and O–H groups in total. The lowest BCUT2D eigenvalue weighted by molar-refractivity contribution is -0.120. The molecule has 19 heavy (non-hydrogen) atoms. The molecular weight excluding hydrogens is 312 g/mol. The molecular formula is C12H21BrN4O2. The molecule has 1 heterocycles. The van der Waals surface area contributed by atoms with E-state index in [0.717, 1.165) is 22.4 Å². The minimum atomic E-state index is -0.0348. The normalized spacial score (nSPS) is 10.7. The van der Waals surface area contributed by atoms with Crippen molar-refractivity contribution in [2.24, 2.45) is 0 Å². The highest BCUT2D eigenvalue weighted by atomic mass is 79.9. The number of nitrogens with one attached hydrogen (secondary N) is 2. The van der Waals surface area contributed by atoms with E-state index in [0.29, 0.717) is 19.7 Å². The summed E-state index contributed by atoms with van der Waals surface area (Å²) in [7, 11) is 1.61. The molecule has 1 rings (SSSR count). The van der Waals surface area contributed by atoms with Crippen molar-refractivity contribution in [2.45, 2.75) is 26.9 Å². The van der Waals surface area contributed by atoms with E-state index in [1.165, 1.54) is 0 Å². The fraction of sp³-hybridized carbons (Fsp3) is 0.667. The van der Waals surface area contributed by atoms with Gasteiger partial charge in [0.2, 0.25) is 5.91 Å². The average molecular weight is 333 g/mol.